The first-order chi connectivity index (χ1) is 7.79. The normalized spacial score (nSPS) is 12.6. The van der Waals surface area contributed by atoms with Gasteiger partial charge >= 0.3 is 0 Å². The van der Waals surface area contributed by atoms with Gasteiger partial charge in [0.25, 0.3) is 0 Å². The molecule has 4 nitrogen and oxygen atoms in total. The summed E-state index contributed by atoms with van der Waals surface area (Å²) in [7, 11) is 0. The number of aromatic amines is 1. The third-order valence-electron chi connectivity index (χ3n) is 2.10. The van der Waals surface area contributed by atoms with E-state index in [9.17, 15) is 0 Å². The van der Waals surface area contributed by atoms with E-state index in [1.165, 1.54) is 11.9 Å². The van der Waals surface area contributed by atoms with Crippen LogP contribution in [0.4, 0.5) is 0 Å². The second-order valence-electron chi connectivity index (χ2n) is 3.18. The number of thioether (sulfide) groups is 1. The molecule has 84 valence electrons. The second-order valence-corrected chi connectivity index (χ2v) is 5.29. The second kappa shape index (κ2) is 5.47. The van der Waals surface area contributed by atoms with Gasteiger partial charge in [0, 0.05) is 16.3 Å². The summed E-state index contributed by atoms with van der Waals surface area (Å²) in [6.45, 7) is 0.562. The van der Waals surface area contributed by atoms with E-state index in [0.29, 0.717) is 6.54 Å². The summed E-state index contributed by atoms with van der Waals surface area (Å²) in [5.74, 6) is 0. The van der Waals surface area contributed by atoms with Crippen LogP contribution in [-0.4, -0.2) is 21.7 Å². The molecule has 2 aromatic rings. The van der Waals surface area contributed by atoms with Gasteiger partial charge in [0.05, 0.1) is 0 Å². The molecule has 3 N–H and O–H groups in total. The van der Waals surface area contributed by atoms with Gasteiger partial charge in [-0.25, -0.2) is 4.98 Å². The molecule has 1 atom stereocenters. The van der Waals surface area contributed by atoms with Crippen LogP contribution in [0.25, 0.3) is 0 Å². The summed E-state index contributed by atoms with van der Waals surface area (Å²) in [5, 5.41) is 7.62. The van der Waals surface area contributed by atoms with E-state index in [2.05, 4.69) is 43.2 Å². The van der Waals surface area contributed by atoms with E-state index < -0.39 is 0 Å². The highest BCUT2D eigenvalue weighted by molar-refractivity contribution is 9.10. The molecule has 2 rings (SSSR count). The SMILES string of the molecule is NCC(Sc1ncn[nH]1)c1ccc(Br)cc1. The summed E-state index contributed by atoms with van der Waals surface area (Å²) in [6, 6.07) is 8.15. The Morgan fingerprint density at radius 3 is 2.69 bits per heavy atom. The molecule has 0 aliphatic heterocycles. The molecule has 1 aromatic heterocycles. The first-order valence-corrected chi connectivity index (χ1v) is 6.44. The van der Waals surface area contributed by atoms with Crippen molar-refractivity contribution in [3.8, 4) is 0 Å². The Balaban J connectivity index is 2.13. The minimum absolute atomic E-state index is 0.195. The Kier molecular flexibility index (Phi) is 3.98. The number of H-pyrrole nitrogens is 1. The minimum atomic E-state index is 0.195. The molecule has 0 amide bonds. The lowest BCUT2D eigenvalue weighted by Gasteiger charge is -2.12. The van der Waals surface area contributed by atoms with Gasteiger partial charge in [-0.05, 0) is 17.7 Å². The Morgan fingerprint density at radius 2 is 2.12 bits per heavy atom. The molecule has 0 fully saturated rings. The minimum Gasteiger partial charge on any atom is -0.329 e. The van der Waals surface area contributed by atoms with Crippen molar-refractivity contribution in [2.45, 2.75) is 10.4 Å². The molecule has 0 aliphatic rings. The highest BCUT2D eigenvalue weighted by atomic mass is 79.9. The number of nitrogens with one attached hydrogen (secondary N) is 1. The lowest BCUT2D eigenvalue weighted by Crippen LogP contribution is -2.09. The lowest BCUT2D eigenvalue weighted by atomic mass is 10.1. The Labute approximate surface area is 106 Å². The van der Waals surface area contributed by atoms with Crippen LogP contribution in [0, 0.1) is 0 Å². The maximum Gasteiger partial charge on any atom is 0.184 e. The predicted molar refractivity (Wildman–Crippen MR) is 68.2 cm³/mol. The standard InChI is InChI=1S/C10H11BrN4S/c11-8-3-1-7(2-4-8)9(5-12)16-10-13-6-14-15-10/h1-4,6,9H,5,12H2,(H,13,14,15). The molecule has 16 heavy (non-hydrogen) atoms. The summed E-state index contributed by atoms with van der Waals surface area (Å²) in [5.41, 5.74) is 6.95. The van der Waals surface area contributed by atoms with Gasteiger partial charge in [-0.15, -0.1) is 0 Å². The largest absolute Gasteiger partial charge is 0.329 e. The van der Waals surface area contributed by atoms with Crippen molar-refractivity contribution in [2.75, 3.05) is 6.54 Å². The van der Waals surface area contributed by atoms with Crippen molar-refractivity contribution in [1.82, 2.24) is 15.2 Å². The fourth-order valence-electron chi connectivity index (χ4n) is 1.32. The van der Waals surface area contributed by atoms with Gasteiger partial charge in [0.15, 0.2) is 5.16 Å². The van der Waals surface area contributed by atoms with Crippen LogP contribution in [0.3, 0.4) is 0 Å². The molecule has 0 spiro atoms. The molecule has 0 saturated heterocycles. The maximum atomic E-state index is 5.76. The maximum absolute atomic E-state index is 5.76. The number of nitrogens with two attached hydrogens (primary N) is 1. The van der Waals surface area contributed by atoms with Gasteiger partial charge in [0.1, 0.15) is 6.33 Å². The monoisotopic (exact) mass is 298 g/mol. The third kappa shape index (κ3) is 2.84. The zero-order chi connectivity index (χ0) is 11.4. The Morgan fingerprint density at radius 1 is 1.38 bits per heavy atom. The van der Waals surface area contributed by atoms with Crippen molar-refractivity contribution in [1.29, 1.82) is 0 Å². The number of aromatic nitrogens is 3. The molecular weight excluding hydrogens is 288 g/mol. The lowest BCUT2D eigenvalue weighted by molar-refractivity contribution is 0.914. The van der Waals surface area contributed by atoms with Crippen LogP contribution in [0.15, 0.2) is 40.2 Å². The fraction of sp³-hybridized carbons (Fsp3) is 0.200. The molecule has 0 radical (unpaired) electrons. The van der Waals surface area contributed by atoms with Crippen molar-refractivity contribution in [3.63, 3.8) is 0 Å². The van der Waals surface area contributed by atoms with E-state index in [-0.39, 0.29) is 5.25 Å². The number of benzene rings is 1. The van der Waals surface area contributed by atoms with Crippen molar-refractivity contribution in [2.24, 2.45) is 5.73 Å². The first-order valence-electron chi connectivity index (χ1n) is 4.77. The summed E-state index contributed by atoms with van der Waals surface area (Å²) >= 11 is 5.00. The number of rotatable bonds is 4. The molecular formula is C10H11BrN4S. The molecule has 0 aliphatic carbocycles. The van der Waals surface area contributed by atoms with Crippen LogP contribution in [0.2, 0.25) is 0 Å². The first kappa shape index (κ1) is 11.6. The Hall–Kier alpha value is -0.850. The van der Waals surface area contributed by atoms with Crippen LogP contribution in [-0.2, 0) is 0 Å². The van der Waals surface area contributed by atoms with Gasteiger partial charge < -0.3 is 5.73 Å². The van der Waals surface area contributed by atoms with Gasteiger partial charge in [-0.2, -0.15) is 5.10 Å². The highest BCUT2D eigenvalue weighted by Crippen LogP contribution is 2.32. The quantitative estimate of drug-likeness (QED) is 0.850. The van der Waals surface area contributed by atoms with E-state index in [1.807, 2.05) is 12.1 Å². The molecule has 1 heterocycles. The van der Waals surface area contributed by atoms with Gasteiger partial charge in [-0.1, -0.05) is 39.8 Å². The third-order valence-corrected chi connectivity index (χ3v) is 3.80. The molecule has 1 aromatic carbocycles. The average Bonchev–Trinajstić information content (AvgIpc) is 2.80. The van der Waals surface area contributed by atoms with Crippen LogP contribution < -0.4 is 5.73 Å². The van der Waals surface area contributed by atoms with E-state index in [1.54, 1.807) is 11.8 Å². The average molecular weight is 299 g/mol. The zero-order valence-corrected chi connectivity index (χ0v) is 10.8. The summed E-state index contributed by atoms with van der Waals surface area (Å²) in [4.78, 5) is 4.08. The number of hydrogen-bond acceptors (Lipinski definition) is 4. The molecule has 0 saturated carbocycles. The van der Waals surface area contributed by atoms with Gasteiger partial charge in [-0.3, -0.25) is 5.10 Å². The van der Waals surface area contributed by atoms with Gasteiger partial charge in [0.2, 0.25) is 0 Å². The fourth-order valence-corrected chi connectivity index (χ4v) is 2.45. The summed E-state index contributed by atoms with van der Waals surface area (Å²) in [6.07, 6.45) is 1.50. The van der Waals surface area contributed by atoms with E-state index in [4.69, 9.17) is 5.73 Å². The molecule has 1 unspecified atom stereocenters. The predicted octanol–water partition coefficient (Wildman–Crippen LogP) is 2.36. The smallest absolute Gasteiger partial charge is 0.184 e. The van der Waals surface area contributed by atoms with Crippen LogP contribution >= 0.6 is 27.7 Å². The number of nitrogens with zero attached hydrogens (tertiary/aromatic N) is 2. The van der Waals surface area contributed by atoms with E-state index >= 15 is 0 Å². The molecule has 6 heteroatoms. The topological polar surface area (TPSA) is 67.6 Å². The molecule has 0 bridgehead atoms. The summed E-state index contributed by atoms with van der Waals surface area (Å²) < 4.78 is 1.07. The van der Waals surface area contributed by atoms with Crippen molar-refractivity contribution in [3.05, 3.63) is 40.6 Å². The highest BCUT2D eigenvalue weighted by Gasteiger charge is 2.12. The van der Waals surface area contributed by atoms with E-state index in [0.717, 1.165) is 9.63 Å². The van der Waals surface area contributed by atoms with Crippen molar-refractivity contribution >= 4 is 27.7 Å². The van der Waals surface area contributed by atoms with Crippen molar-refractivity contribution < 1.29 is 0 Å². The number of hydrogen-bond donors (Lipinski definition) is 2. The Bertz CT molecular complexity index is 429. The zero-order valence-electron chi connectivity index (χ0n) is 8.43. The van der Waals surface area contributed by atoms with Crippen LogP contribution in [0.5, 0.6) is 0 Å². The van der Waals surface area contributed by atoms with Crippen LogP contribution in [0.1, 0.15) is 10.8 Å². The number of halogens is 1.